The van der Waals surface area contributed by atoms with Gasteiger partial charge in [0.05, 0.1) is 5.69 Å². The van der Waals surface area contributed by atoms with Gasteiger partial charge in [0.1, 0.15) is 17.9 Å². The number of aromatic nitrogens is 1. The van der Waals surface area contributed by atoms with E-state index in [9.17, 15) is 9.59 Å². The molecule has 2 fully saturated rings. The Labute approximate surface area is 164 Å². The van der Waals surface area contributed by atoms with Gasteiger partial charge in [0, 0.05) is 38.0 Å². The summed E-state index contributed by atoms with van der Waals surface area (Å²) in [5.41, 5.74) is 2.49. The van der Waals surface area contributed by atoms with Crippen LogP contribution >= 0.6 is 0 Å². The molecule has 7 heteroatoms. The molecule has 28 heavy (non-hydrogen) atoms. The number of fused-ring (bicyclic) bond motifs is 1. The molecule has 148 valence electrons. The number of piperazine rings is 1. The maximum absolute atomic E-state index is 12.9. The largest absolute Gasteiger partial charge is 0.447 e. The second-order valence-corrected chi connectivity index (χ2v) is 7.71. The highest BCUT2D eigenvalue weighted by atomic mass is 16.6. The Hall–Kier alpha value is -2.83. The van der Waals surface area contributed by atoms with Gasteiger partial charge < -0.3 is 14.2 Å². The van der Waals surface area contributed by atoms with Crippen molar-refractivity contribution < 1.29 is 18.8 Å². The molecule has 0 N–H and O–H groups in total. The molecule has 2 aliphatic rings. The second-order valence-electron chi connectivity index (χ2n) is 7.71. The first-order valence-corrected chi connectivity index (χ1v) is 9.66. The molecule has 1 atom stereocenters. The van der Waals surface area contributed by atoms with E-state index in [0.29, 0.717) is 45.5 Å². The van der Waals surface area contributed by atoms with E-state index in [1.165, 1.54) is 0 Å². The highest BCUT2D eigenvalue weighted by Gasteiger charge is 2.51. The van der Waals surface area contributed by atoms with Crippen LogP contribution in [-0.2, 0) is 22.4 Å². The summed E-state index contributed by atoms with van der Waals surface area (Å²) in [7, 11) is 0. The summed E-state index contributed by atoms with van der Waals surface area (Å²) in [4.78, 5) is 28.8. The molecule has 3 heterocycles. The van der Waals surface area contributed by atoms with E-state index in [1.807, 2.05) is 49.1 Å². The number of cyclic esters (lactones) is 1. The second kappa shape index (κ2) is 7.30. The minimum Gasteiger partial charge on any atom is -0.447 e. The lowest BCUT2D eigenvalue weighted by Crippen LogP contribution is -2.63. The Bertz CT molecular complexity index is 860. The van der Waals surface area contributed by atoms with E-state index in [2.05, 4.69) is 5.16 Å². The summed E-state index contributed by atoms with van der Waals surface area (Å²) in [6.07, 6.45) is 1.41. The average Bonchev–Trinajstić information content (AvgIpc) is 3.19. The van der Waals surface area contributed by atoms with Crippen LogP contribution < -0.4 is 0 Å². The summed E-state index contributed by atoms with van der Waals surface area (Å²) in [6.45, 7) is 5.61. The van der Waals surface area contributed by atoms with E-state index < -0.39 is 5.54 Å². The van der Waals surface area contributed by atoms with E-state index in [0.717, 1.165) is 22.6 Å². The first kappa shape index (κ1) is 18.5. The molecule has 2 saturated heterocycles. The number of aryl methyl sites for hydroxylation is 2. The van der Waals surface area contributed by atoms with Gasteiger partial charge in [-0.3, -0.25) is 9.69 Å². The van der Waals surface area contributed by atoms with Crippen LogP contribution in [-0.4, -0.2) is 58.7 Å². The van der Waals surface area contributed by atoms with Gasteiger partial charge in [0.25, 0.3) is 0 Å². The molecule has 2 aromatic rings. The third-order valence-electron chi connectivity index (χ3n) is 5.83. The molecular weight excluding hydrogens is 358 g/mol. The number of carbonyl (C=O) groups is 2. The summed E-state index contributed by atoms with van der Waals surface area (Å²) < 4.78 is 10.6. The predicted octanol–water partition coefficient (Wildman–Crippen LogP) is 2.50. The summed E-state index contributed by atoms with van der Waals surface area (Å²) in [6, 6.07) is 10.1. The summed E-state index contributed by atoms with van der Waals surface area (Å²) >= 11 is 0. The molecule has 1 unspecified atom stereocenters. The molecule has 1 aromatic heterocycles. The Balaban J connectivity index is 1.47. The van der Waals surface area contributed by atoms with Crippen LogP contribution in [0.1, 0.15) is 29.0 Å². The standard InChI is InChI=1S/C21H25N3O4/c1-15-18(16(2)28-22-15)8-9-19(25)23-10-11-24-20(26)27-14-21(24,13-23)12-17-6-4-3-5-7-17/h3-7H,8-14H2,1-2H3. The minimum atomic E-state index is -0.491. The van der Waals surface area contributed by atoms with Crippen LogP contribution in [0.15, 0.2) is 34.9 Å². The van der Waals surface area contributed by atoms with Gasteiger partial charge >= 0.3 is 6.09 Å². The number of amides is 2. The highest BCUT2D eigenvalue weighted by molar-refractivity contribution is 5.78. The third kappa shape index (κ3) is 3.37. The van der Waals surface area contributed by atoms with E-state index in [1.54, 1.807) is 4.90 Å². The molecule has 0 aliphatic carbocycles. The smallest absolute Gasteiger partial charge is 0.410 e. The van der Waals surface area contributed by atoms with Gasteiger partial charge in [-0.15, -0.1) is 0 Å². The van der Waals surface area contributed by atoms with Gasteiger partial charge in [-0.25, -0.2) is 4.79 Å². The summed E-state index contributed by atoms with van der Waals surface area (Å²) in [5, 5.41) is 3.96. The number of hydrogen-bond donors (Lipinski definition) is 0. The lowest BCUT2D eigenvalue weighted by molar-refractivity contribution is -0.135. The monoisotopic (exact) mass is 383 g/mol. The van der Waals surface area contributed by atoms with Crippen molar-refractivity contribution in [2.45, 2.75) is 38.6 Å². The number of rotatable bonds is 5. The van der Waals surface area contributed by atoms with Crippen molar-refractivity contribution in [2.24, 2.45) is 0 Å². The molecule has 2 aliphatic heterocycles. The normalized spacial score (nSPS) is 21.6. The molecule has 0 saturated carbocycles. The zero-order valence-electron chi connectivity index (χ0n) is 16.3. The predicted molar refractivity (Wildman–Crippen MR) is 102 cm³/mol. The number of ether oxygens (including phenoxy) is 1. The van der Waals surface area contributed by atoms with Crippen LogP contribution in [0.4, 0.5) is 4.79 Å². The molecular formula is C21H25N3O4. The van der Waals surface area contributed by atoms with Gasteiger partial charge in [-0.05, 0) is 25.8 Å². The number of nitrogens with zero attached hydrogens (tertiary/aromatic N) is 3. The Kier molecular flexibility index (Phi) is 4.83. The van der Waals surface area contributed by atoms with Crippen molar-refractivity contribution in [3.05, 3.63) is 52.9 Å². The average molecular weight is 383 g/mol. The van der Waals surface area contributed by atoms with Crippen LogP contribution in [0, 0.1) is 13.8 Å². The van der Waals surface area contributed by atoms with E-state index >= 15 is 0 Å². The molecule has 0 radical (unpaired) electrons. The zero-order chi connectivity index (χ0) is 19.7. The fourth-order valence-electron chi connectivity index (χ4n) is 4.30. The number of carbonyl (C=O) groups excluding carboxylic acids is 2. The molecule has 7 nitrogen and oxygen atoms in total. The highest BCUT2D eigenvalue weighted by Crippen LogP contribution is 2.32. The van der Waals surface area contributed by atoms with Crippen molar-refractivity contribution in [3.63, 3.8) is 0 Å². The van der Waals surface area contributed by atoms with Crippen molar-refractivity contribution in [3.8, 4) is 0 Å². The Morgan fingerprint density at radius 3 is 2.71 bits per heavy atom. The molecule has 4 rings (SSSR count). The van der Waals surface area contributed by atoms with Crippen LogP contribution in [0.3, 0.4) is 0 Å². The zero-order valence-corrected chi connectivity index (χ0v) is 16.3. The van der Waals surface area contributed by atoms with Crippen LogP contribution in [0.25, 0.3) is 0 Å². The van der Waals surface area contributed by atoms with Gasteiger partial charge in [-0.1, -0.05) is 35.5 Å². The molecule has 2 amide bonds. The van der Waals surface area contributed by atoms with Crippen LogP contribution in [0.2, 0.25) is 0 Å². The van der Waals surface area contributed by atoms with Gasteiger partial charge in [0.15, 0.2) is 0 Å². The molecule has 0 spiro atoms. The number of benzene rings is 1. The minimum absolute atomic E-state index is 0.0893. The topological polar surface area (TPSA) is 75.9 Å². The van der Waals surface area contributed by atoms with Crippen molar-refractivity contribution in [2.75, 3.05) is 26.2 Å². The molecule has 1 aromatic carbocycles. The maximum Gasteiger partial charge on any atom is 0.410 e. The molecule has 0 bridgehead atoms. The fourth-order valence-corrected chi connectivity index (χ4v) is 4.30. The fraction of sp³-hybridized carbons (Fsp3) is 0.476. The van der Waals surface area contributed by atoms with Crippen molar-refractivity contribution in [1.29, 1.82) is 0 Å². The Morgan fingerprint density at radius 2 is 2.00 bits per heavy atom. The van der Waals surface area contributed by atoms with E-state index in [-0.39, 0.29) is 12.0 Å². The van der Waals surface area contributed by atoms with Gasteiger partial charge in [-0.2, -0.15) is 0 Å². The van der Waals surface area contributed by atoms with Crippen molar-refractivity contribution >= 4 is 12.0 Å². The van der Waals surface area contributed by atoms with Crippen molar-refractivity contribution in [1.82, 2.24) is 15.0 Å². The van der Waals surface area contributed by atoms with E-state index in [4.69, 9.17) is 9.26 Å². The first-order chi connectivity index (χ1) is 13.5. The third-order valence-corrected chi connectivity index (χ3v) is 5.83. The number of hydrogen-bond acceptors (Lipinski definition) is 5. The lowest BCUT2D eigenvalue weighted by atomic mass is 9.88. The first-order valence-electron chi connectivity index (χ1n) is 9.66. The SMILES string of the molecule is Cc1noc(C)c1CCC(=O)N1CCN2C(=O)OCC2(Cc2ccccc2)C1. The quantitative estimate of drug-likeness (QED) is 0.793. The van der Waals surface area contributed by atoms with Crippen LogP contribution in [0.5, 0.6) is 0 Å². The maximum atomic E-state index is 12.9. The van der Waals surface area contributed by atoms with Gasteiger partial charge in [0.2, 0.25) is 5.91 Å². The summed E-state index contributed by atoms with van der Waals surface area (Å²) in [5.74, 6) is 0.858. The Morgan fingerprint density at radius 1 is 1.21 bits per heavy atom. The lowest BCUT2D eigenvalue weighted by Gasteiger charge is -2.44.